The highest BCUT2D eigenvalue weighted by Crippen LogP contribution is 2.29. The van der Waals surface area contributed by atoms with Crippen LogP contribution in [0.5, 0.6) is 0 Å². The van der Waals surface area contributed by atoms with Crippen LogP contribution in [0.25, 0.3) is 0 Å². The van der Waals surface area contributed by atoms with Crippen LogP contribution in [0, 0.1) is 11.8 Å². The van der Waals surface area contributed by atoms with Gasteiger partial charge in [0.1, 0.15) is 0 Å². The van der Waals surface area contributed by atoms with Crippen molar-refractivity contribution in [2.24, 2.45) is 17.6 Å². The van der Waals surface area contributed by atoms with E-state index in [1.807, 2.05) is 0 Å². The second-order valence-electron chi connectivity index (χ2n) is 5.16. The molecule has 0 amide bonds. The van der Waals surface area contributed by atoms with E-state index in [0.717, 1.165) is 11.8 Å². The van der Waals surface area contributed by atoms with Crippen molar-refractivity contribution >= 4 is 0 Å². The molecule has 1 aliphatic carbocycles. The molecule has 0 saturated heterocycles. The van der Waals surface area contributed by atoms with Crippen molar-refractivity contribution in [1.29, 1.82) is 0 Å². The van der Waals surface area contributed by atoms with E-state index in [-0.39, 0.29) is 0 Å². The van der Waals surface area contributed by atoms with Gasteiger partial charge in [-0.15, -0.1) is 0 Å². The van der Waals surface area contributed by atoms with E-state index in [1.54, 1.807) is 0 Å². The summed E-state index contributed by atoms with van der Waals surface area (Å²) in [5.74, 6) is 1.73. The summed E-state index contributed by atoms with van der Waals surface area (Å²) in [4.78, 5) is 0. The van der Waals surface area contributed by atoms with Crippen LogP contribution in [-0.4, -0.2) is 6.04 Å². The first-order chi connectivity index (χ1) is 6.74. The summed E-state index contributed by atoms with van der Waals surface area (Å²) in [5, 5.41) is 0. The van der Waals surface area contributed by atoms with Gasteiger partial charge in [-0.3, -0.25) is 0 Å². The maximum Gasteiger partial charge on any atom is 0.00646 e. The van der Waals surface area contributed by atoms with Crippen LogP contribution >= 0.6 is 0 Å². The van der Waals surface area contributed by atoms with E-state index in [1.165, 1.54) is 51.4 Å². The smallest absolute Gasteiger partial charge is 0.00646 e. The van der Waals surface area contributed by atoms with Crippen molar-refractivity contribution in [3.8, 4) is 0 Å². The Kier molecular flexibility index (Phi) is 5.54. The van der Waals surface area contributed by atoms with E-state index in [9.17, 15) is 0 Å². The lowest BCUT2D eigenvalue weighted by Gasteiger charge is -2.20. The maximum atomic E-state index is 6.18. The minimum absolute atomic E-state index is 0.454. The van der Waals surface area contributed by atoms with Crippen molar-refractivity contribution in [2.45, 2.75) is 71.3 Å². The molecule has 0 radical (unpaired) electrons. The molecule has 0 bridgehead atoms. The van der Waals surface area contributed by atoms with Gasteiger partial charge in [-0.05, 0) is 31.1 Å². The minimum Gasteiger partial charge on any atom is -0.327 e. The fourth-order valence-electron chi connectivity index (χ4n) is 2.68. The Bertz CT molecular complexity index is 138. The Morgan fingerprint density at radius 2 is 1.86 bits per heavy atom. The first kappa shape index (κ1) is 12.0. The molecule has 2 atom stereocenters. The van der Waals surface area contributed by atoms with Crippen LogP contribution in [-0.2, 0) is 0 Å². The summed E-state index contributed by atoms with van der Waals surface area (Å²) >= 11 is 0. The molecule has 84 valence electrons. The first-order valence-electron chi connectivity index (χ1n) is 6.49. The Hall–Kier alpha value is -0.0400. The van der Waals surface area contributed by atoms with Crippen LogP contribution in [0.2, 0.25) is 0 Å². The van der Waals surface area contributed by atoms with Crippen LogP contribution in [0.3, 0.4) is 0 Å². The van der Waals surface area contributed by atoms with Crippen molar-refractivity contribution in [3.05, 3.63) is 0 Å². The molecule has 2 N–H and O–H groups in total. The Balaban J connectivity index is 2.09. The van der Waals surface area contributed by atoms with Crippen LogP contribution in [0.4, 0.5) is 0 Å². The van der Waals surface area contributed by atoms with Gasteiger partial charge in [-0.1, -0.05) is 46.0 Å². The summed E-state index contributed by atoms with van der Waals surface area (Å²) in [5.41, 5.74) is 6.18. The second-order valence-corrected chi connectivity index (χ2v) is 5.16. The molecule has 0 aliphatic heterocycles. The molecule has 1 rings (SSSR count). The molecule has 0 heterocycles. The van der Waals surface area contributed by atoms with E-state index in [4.69, 9.17) is 5.73 Å². The largest absolute Gasteiger partial charge is 0.327 e. The molecule has 1 nitrogen and oxygen atoms in total. The van der Waals surface area contributed by atoms with Gasteiger partial charge in [0.2, 0.25) is 0 Å². The fraction of sp³-hybridized carbons (Fsp3) is 1.00. The highest BCUT2D eigenvalue weighted by molar-refractivity contribution is 4.73. The highest BCUT2D eigenvalue weighted by Gasteiger charge is 2.18. The normalized spacial score (nSPS) is 22.5. The molecule has 0 aromatic heterocycles. The lowest BCUT2D eigenvalue weighted by Crippen LogP contribution is -2.28. The van der Waals surface area contributed by atoms with Crippen molar-refractivity contribution in [3.63, 3.8) is 0 Å². The molecule has 1 saturated carbocycles. The summed E-state index contributed by atoms with van der Waals surface area (Å²) in [6.07, 6.45) is 11.1. The molecule has 0 aromatic rings. The Labute approximate surface area is 89.5 Å². The third-order valence-corrected chi connectivity index (χ3v) is 3.86. The molecule has 1 fully saturated rings. The zero-order chi connectivity index (χ0) is 10.4. The van der Waals surface area contributed by atoms with Gasteiger partial charge in [0.05, 0.1) is 0 Å². The first-order valence-corrected chi connectivity index (χ1v) is 6.49. The summed E-state index contributed by atoms with van der Waals surface area (Å²) < 4.78 is 0. The molecule has 2 unspecified atom stereocenters. The van der Waals surface area contributed by atoms with Gasteiger partial charge in [0.15, 0.2) is 0 Å². The van der Waals surface area contributed by atoms with Gasteiger partial charge in [-0.25, -0.2) is 0 Å². The predicted octanol–water partition coefficient (Wildman–Crippen LogP) is 3.72. The zero-order valence-electron chi connectivity index (χ0n) is 9.97. The molecule has 1 aliphatic rings. The summed E-state index contributed by atoms with van der Waals surface area (Å²) in [6.45, 7) is 4.56. The highest BCUT2D eigenvalue weighted by atomic mass is 14.6. The van der Waals surface area contributed by atoms with Crippen molar-refractivity contribution in [1.82, 2.24) is 0 Å². The van der Waals surface area contributed by atoms with E-state index in [2.05, 4.69) is 13.8 Å². The third kappa shape index (κ3) is 4.00. The predicted molar refractivity (Wildman–Crippen MR) is 63.2 cm³/mol. The molecule has 0 spiro atoms. The number of hydrogen-bond donors (Lipinski definition) is 1. The molecule has 1 heteroatoms. The monoisotopic (exact) mass is 197 g/mol. The number of hydrogen-bond acceptors (Lipinski definition) is 1. The average molecular weight is 197 g/mol. The summed E-state index contributed by atoms with van der Waals surface area (Å²) in [6, 6.07) is 0.454. The van der Waals surface area contributed by atoms with E-state index >= 15 is 0 Å². The minimum atomic E-state index is 0.454. The van der Waals surface area contributed by atoms with Gasteiger partial charge in [0, 0.05) is 6.04 Å². The van der Waals surface area contributed by atoms with Gasteiger partial charge < -0.3 is 5.73 Å². The standard InChI is InChI=1S/C13H27N/c1-3-6-11(2)13(14)10-9-12-7-4-5-8-12/h11-13H,3-10,14H2,1-2H3. The lowest BCUT2D eigenvalue weighted by molar-refractivity contribution is 0.362. The Morgan fingerprint density at radius 1 is 1.21 bits per heavy atom. The van der Waals surface area contributed by atoms with Crippen molar-refractivity contribution in [2.75, 3.05) is 0 Å². The van der Waals surface area contributed by atoms with E-state index in [0.29, 0.717) is 6.04 Å². The molecular formula is C13H27N. The zero-order valence-corrected chi connectivity index (χ0v) is 9.97. The molecular weight excluding hydrogens is 170 g/mol. The van der Waals surface area contributed by atoms with Gasteiger partial charge >= 0.3 is 0 Å². The quantitative estimate of drug-likeness (QED) is 0.690. The van der Waals surface area contributed by atoms with Crippen LogP contribution < -0.4 is 5.73 Å². The summed E-state index contributed by atoms with van der Waals surface area (Å²) in [7, 11) is 0. The van der Waals surface area contributed by atoms with E-state index < -0.39 is 0 Å². The van der Waals surface area contributed by atoms with Crippen LogP contribution in [0.15, 0.2) is 0 Å². The van der Waals surface area contributed by atoms with Gasteiger partial charge in [0.25, 0.3) is 0 Å². The van der Waals surface area contributed by atoms with Crippen molar-refractivity contribution < 1.29 is 0 Å². The molecule has 0 aromatic carbocycles. The Morgan fingerprint density at radius 3 is 2.43 bits per heavy atom. The molecule has 14 heavy (non-hydrogen) atoms. The maximum absolute atomic E-state index is 6.18. The van der Waals surface area contributed by atoms with Crippen LogP contribution in [0.1, 0.15) is 65.2 Å². The van der Waals surface area contributed by atoms with Gasteiger partial charge in [-0.2, -0.15) is 0 Å². The lowest BCUT2D eigenvalue weighted by atomic mass is 9.90. The topological polar surface area (TPSA) is 26.0 Å². The number of rotatable bonds is 6. The third-order valence-electron chi connectivity index (χ3n) is 3.86. The SMILES string of the molecule is CCCC(C)C(N)CCC1CCCC1. The fourth-order valence-corrected chi connectivity index (χ4v) is 2.68. The second kappa shape index (κ2) is 6.44. The average Bonchev–Trinajstić information content (AvgIpc) is 2.67. The number of nitrogens with two attached hydrogens (primary N) is 1.